The summed E-state index contributed by atoms with van der Waals surface area (Å²) in [6, 6.07) is 17.5. The highest BCUT2D eigenvalue weighted by Gasteiger charge is 2.23. The van der Waals surface area contributed by atoms with E-state index in [1.165, 1.54) is 11.8 Å². The first-order chi connectivity index (χ1) is 12.1. The number of H-pyrrole nitrogens is 1. The third-order valence-corrected chi connectivity index (χ3v) is 5.15. The van der Waals surface area contributed by atoms with E-state index in [1.807, 2.05) is 65.9 Å². The number of imidazole rings is 1. The smallest absolute Gasteiger partial charge is 0.240 e. The summed E-state index contributed by atoms with van der Waals surface area (Å²) in [7, 11) is 1.79. The molecule has 0 saturated heterocycles. The summed E-state index contributed by atoms with van der Waals surface area (Å²) in [6.45, 7) is 1.89. The number of hydrogen-bond donors (Lipinski definition) is 1. The maximum atomic E-state index is 12.7. The SMILES string of the molecule is CC(Sc1n[nH]c2nc3ccccc3n12)C(=O)N(C)c1ccccc1. The Labute approximate surface area is 148 Å². The Kier molecular flexibility index (Phi) is 3.93. The first kappa shape index (κ1) is 15.7. The number of anilines is 1. The van der Waals surface area contributed by atoms with Crippen molar-refractivity contribution < 1.29 is 4.79 Å². The molecule has 2 heterocycles. The number of hydrogen-bond acceptors (Lipinski definition) is 4. The molecule has 0 aliphatic heterocycles. The predicted molar refractivity (Wildman–Crippen MR) is 100 cm³/mol. The maximum absolute atomic E-state index is 12.7. The second-order valence-electron chi connectivity index (χ2n) is 5.76. The van der Waals surface area contributed by atoms with Crippen molar-refractivity contribution in [2.24, 2.45) is 0 Å². The molecule has 2 aromatic carbocycles. The average molecular weight is 351 g/mol. The van der Waals surface area contributed by atoms with E-state index in [0.717, 1.165) is 21.9 Å². The van der Waals surface area contributed by atoms with Crippen LogP contribution in [-0.2, 0) is 4.79 Å². The Morgan fingerprint density at radius 2 is 1.88 bits per heavy atom. The molecule has 4 rings (SSSR count). The maximum Gasteiger partial charge on any atom is 0.240 e. The molecule has 0 fully saturated rings. The number of thioether (sulfide) groups is 1. The second kappa shape index (κ2) is 6.25. The lowest BCUT2D eigenvalue weighted by Crippen LogP contribution is -2.33. The molecule has 4 aromatic rings. The summed E-state index contributed by atoms with van der Waals surface area (Å²) in [5.74, 6) is 0.705. The molecular formula is C18H17N5OS. The van der Waals surface area contributed by atoms with Gasteiger partial charge in [0.2, 0.25) is 11.7 Å². The highest BCUT2D eigenvalue weighted by molar-refractivity contribution is 8.00. The van der Waals surface area contributed by atoms with Crippen LogP contribution in [0.25, 0.3) is 16.8 Å². The largest absolute Gasteiger partial charge is 0.315 e. The van der Waals surface area contributed by atoms with Crippen molar-refractivity contribution in [2.45, 2.75) is 17.3 Å². The summed E-state index contributed by atoms with van der Waals surface area (Å²) < 4.78 is 1.95. The van der Waals surface area contributed by atoms with E-state index in [0.29, 0.717) is 5.78 Å². The van der Waals surface area contributed by atoms with Crippen LogP contribution in [0.3, 0.4) is 0 Å². The van der Waals surface area contributed by atoms with E-state index in [2.05, 4.69) is 15.2 Å². The van der Waals surface area contributed by atoms with Gasteiger partial charge in [0.15, 0.2) is 5.16 Å². The molecule has 0 bridgehead atoms. The lowest BCUT2D eigenvalue weighted by molar-refractivity contribution is -0.117. The Morgan fingerprint density at radius 3 is 2.68 bits per heavy atom. The average Bonchev–Trinajstić information content (AvgIpc) is 3.21. The van der Waals surface area contributed by atoms with Crippen molar-refractivity contribution in [1.82, 2.24) is 19.6 Å². The molecule has 0 saturated carbocycles. The molecule has 126 valence electrons. The van der Waals surface area contributed by atoms with Gasteiger partial charge in [-0.05, 0) is 31.2 Å². The summed E-state index contributed by atoms with van der Waals surface area (Å²) >= 11 is 1.42. The quantitative estimate of drug-likeness (QED) is 0.573. The Hall–Kier alpha value is -2.80. The van der Waals surface area contributed by atoms with Gasteiger partial charge in [-0.25, -0.2) is 10.1 Å². The van der Waals surface area contributed by atoms with Crippen LogP contribution in [0.2, 0.25) is 0 Å². The summed E-state index contributed by atoms with van der Waals surface area (Å²) in [4.78, 5) is 18.9. The number of amides is 1. The fourth-order valence-corrected chi connectivity index (χ4v) is 3.75. The predicted octanol–water partition coefficient (Wildman–Crippen LogP) is 3.35. The Morgan fingerprint density at radius 1 is 1.16 bits per heavy atom. The normalized spacial score (nSPS) is 12.6. The lowest BCUT2D eigenvalue weighted by atomic mass is 10.3. The van der Waals surface area contributed by atoms with Crippen molar-refractivity contribution >= 4 is 40.2 Å². The van der Waals surface area contributed by atoms with Gasteiger partial charge in [0.25, 0.3) is 0 Å². The molecule has 0 aliphatic carbocycles. The van der Waals surface area contributed by atoms with Gasteiger partial charge < -0.3 is 4.90 Å². The number of rotatable bonds is 4. The number of carbonyl (C=O) groups is 1. The van der Waals surface area contributed by atoms with E-state index in [1.54, 1.807) is 11.9 Å². The van der Waals surface area contributed by atoms with E-state index in [-0.39, 0.29) is 11.2 Å². The van der Waals surface area contributed by atoms with Crippen LogP contribution in [0.15, 0.2) is 59.8 Å². The number of benzene rings is 2. The van der Waals surface area contributed by atoms with Gasteiger partial charge in [-0.2, -0.15) is 0 Å². The van der Waals surface area contributed by atoms with Crippen LogP contribution >= 0.6 is 11.8 Å². The summed E-state index contributed by atoms with van der Waals surface area (Å²) in [5, 5.41) is 7.71. The van der Waals surface area contributed by atoms with Crippen LogP contribution in [-0.4, -0.2) is 37.8 Å². The number of nitrogens with one attached hydrogen (secondary N) is 1. The van der Waals surface area contributed by atoms with Crippen LogP contribution in [0.4, 0.5) is 5.69 Å². The minimum absolute atomic E-state index is 0.0248. The van der Waals surface area contributed by atoms with Crippen molar-refractivity contribution in [3.63, 3.8) is 0 Å². The van der Waals surface area contributed by atoms with Gasteiger partial charge in [0, 0.05) is 12.7 Å². The highest BCUT2D eigenvalue weighted by atomic mass is 32.2. The molecular weight excluding hydrogens is 334 g/mol. The monoisotopic (exact) mass is 351 g/mol. The van der Waals surface area contributed by atoms with E-state index in [9.17, 15) is 4.79 Å². The number of carbonyl (C=O) groups excluding carboxylic acids is 1. The van der Waals surface area contributed by atoms with Gasteiger partial charge in [0.05, 0.1) is 16.3 Å². The molecule has 2 aromatic heterocycles. The molecule has 1 amide bonds. The van der Waals surface area contributed by atoms with Crippen LogP contribution in [0.5, 0.6) is 0 Å². The molecule has 6 nitrogen and oxygen atoms in total. The van der Waals surface area contributed by atoms with Crippen LogP contribution in [0.1, 0.15) is 6.92 Å². The number of para-hydroxylation sites is 3. The molecule has 0 aliphatic rings. The zero-order valence-corrected chi connectivity index (χ0v) is 14.7. The lowest BCUT2D eigenvalue weighted by Gasteiger charge is -2.20. The van der Waals surface area contributed by atoms with Crippen molar-refractivity contribution in [1.29, 1.82) is 0 Å². The zero-order valence-electron chi connectivity index (χ0n) is 13.9. The van der Waals surface area contributed by atoms with Crippen molar-refractivity contribution in [2.75, 3.05) is 11.9 Å². The fourth-order valence-electron chi connectivity index (χ4n) is 2.78. The van der Waals surface area contributed by atoms with E-state index < -0.39 is 0 Å². The highest BCUT2D eigenvalue weighted by Crippen LogP contribution is 2.27. The molecule has 1 unspecified atom stereocenters. The molecule has 7 heteroatoms. The minimum Gasteiger partial charge on any atom is -0.315 e. The molecule has 25 heavy (non-hydrogen) atoms. The van der Waals surface area contributed by atoms with Crippen LogP contribution in [0, 0.1) is 0 Å². The molecule has 0 spiro atoms. The fraction of sp³-hybridized carbons (Fsp3) is 0.167. The zero-order chi connectivity index (χ0) is 17.4. The van der Waals surface area contributed by atoms with Gasteiger partial charge in [-0.1, -0.05) is 42.1 Å². The first-order valence-corrected chi connectivity index (χ1v) is 8.84. The topological polar surface area (TPSA) is 66.3 Å². The van der Waals surface area contributed by atoms with E-state index >= 15 is 0 Å². The standard InChI is InChI=1S/C18H17N5OS/c1-12(16(24)22(2)13-8-4-3-5-9-13)25-18-21-20-17-19-14-10-6-7-11-15(14)23(17)18/h3-12H,1-2H3,(H,19,20). The first-order valence-electron chi connectivity index (χ1n) is 7.96. The summed E-state index contributed by atoms with van der Waals surface area (Å²) in [5.41, 5.74) is 2.75. The van der Waals surface area contributed by atoms with Gasteiger partial charge in [-0.3, -0.25) is 9.20 Å². The Bertz CT molecular complexity index is 1040. The number of aromatic amines is 1. The third kappa shape index (κ3) is 2.76. The Balaban J connectivity index is 1.61. The number of nitrogens with zero attached hydrogens (tertiary/aromatic N) is 4. The van der Waals surface area contributed by atoms with Gasteiger partial charge >= 0.3 is 0 Å². The summed E-state index contributed by atoms with van der Waals surface area (Å²) in [6.07, 6.45) is 0. The van der Waals surface area contributed by atoms with Gasteiger partial charge in [-0.15, -0.1) is 5.10 Å². The molecule has 1 N–H and O–H groups in total. The molecule has 1 atom stereocenters. The number of fused-ring (bicyclic) bond motifs is 3. The van der Waals surface area contributed by atoms with Crippen molar-refractivity contribution in [3.8, 4) is 0 Å². The second-order valence-corrected chi connectivity index (χ2v) is 7.07. The van der Waals surface area contributed by atoms with Crippen molar-refractivity contribution in [3.05, 3.63) is 54.6 Å². The van der Waals surface area contributed by atoms with Gasteiger partial charge in [0.1, 0.15) is 0 Å². The number of aromatic nitrogens is 4. The third-order valence-electron chi connectivity index (χ3n) is 4.11. The minimum atomic E-state index is -0.280. The van der Waals surface area contributed by atoms with Crippen LogP contribution < -0.4 is 4.90 Å². The molecule has 0 radical (unpaired) electrons. The van der Waals surface area contributed by atoms with E-state index in [4.69, 9.17) is 0 Å².